The van der Waals surface area contributed by atoms with Gasteiger partial charge in [-0.15, -0.1) is 10.2 Å². The SMILES string of the molecule is CCc1ccc(-c2ccc3nnc(SCC(=O)Nc4ccc(F)cc4)n3n2)cc1. The fourth-order valence-corrected chi connectivity index (χ4v) is 3.47. The highest BCUT2D eigenvalue weighted by Gasteiger charge is 2.12. The first-order chi connectivity index (χ1) is 14.1. The number of aryl methyl sites for hydroxylation is 1. The fraction of sp³-hybridized carbons (Fsp3) is 0.143. The average molecular weight is 407 g/mol. The standard InChI is InChI=1S/C21H18FN5OS/c1-2-14-3-5-15(6-4-14)18-11-12-19-24-25-21(27(19)26-18)29-13-20(28)23-17-9-7-16(22)8-10-17/h3-12H,2,13H2,1H3,(H,23,28). The van der Waals surface area contributed by atoms with Crippen molar-refractivity contribution in [1.29, 1.82) is 0 Å². The second-order valence-electron chi connectivity index (χ2n) is 6.37. The van der Waals surface area contributed by atoms with Crippen LogP contribution in [0.15, 0.2) is 65.8 Å². The van der Waals surface area contributed by atoms with Gasteiger partial charge >= 0.3 is 0 Å². The number of carbonyl (C=O) groups is 1. The van der Waals surface area contributed by atoms with E-state index in [1.54, 1.807) is 4.52 Å². The van der Waals surface area contributed by atoms with Crippen LogP contribution in [-0.4, -0.2) is 31.5 Å². The molecule has 0 fully saturated rings. The van der Waals surface area contributed by atoms with Gasteiger partial charge in [0.1, 0.15) is 5.82 Å². The molecule has 2 aromatic carbocycles. The molecule has 0 bridgehead atoms. The van der Waals surface area contributed by atoms with E-state index in [2.05, 4.69) is 39.7 Å². The molecule has 4 rings (SSSR count). The van der Waals surface area contributed by atoms with Gasteiger partial charge in [0, 0.05) is 11.3 Å². The van der Waals surface area contributed by atoms with E-state index in [1.807, 2.05) is 24.3 Å². The van der Waals surface area contributed by atoms with E-state index in [1.165, 1.54) is 41.6 Å². The number of hydrogen-bond donors (Lipinski definition) is 1. The van der Waals surface area contributed by atoms with Crippen LogP contribution in [0, 0.1) is 5.82 Å². The Morgan fingerprint density at radius 1 is 1.03 bits per heavy atom. The molecule has 0 aliphatic heterocycles. The molecule has 0 unspecified atom stereocenters. The van der Waals surface area contributed by atoms with Crippen molar-refractivity contribution in [2.75, 3.05) is 11.1 Å². The zero-order valence-corrected chi connectivity index (χ0v) is 16.5. The molecule has 0 aliphatic carbocycles. The molecule has 2 heterocycles. The number of thioether (sulfide) groups is 1. The van der Waals surface area contributed by atoms with Crippen LogP contribution < -0.4 is 5.32 Å². The van der Waals surface area contributed by atoms with Gasteiger partial charge in [0.15, 0.2) is 5.65 Å². The summed E-state index contributed by atoms with van der Waals surface area (Å²) in [5.41, 5.74) is 4.22. The highest BCUT2D eigenvalue weighted by atomic mass is 32.2. The molecule has 1 amide bonds. The number of nitrogens with one attached hydrogen (secondary N) is 1. The van der Waals surface area contributed by atoms with E-state index >= 15 is 0 Å². The maximum absolute atomic E-state index is 13.0. The van der Waals surface area contributed by atoms with Gasteiger partial charge in [0.25, 0.3) is 0 Å². The van der Waals surface area contributed by atoms with Crippen LogP contribution in [0.2, 0.25) is 0 Å². The number of benzene rings is 2. The van der Waals surface area contributed by atoms with Gasteiger partial charge in [0.05, 0.1) is 11.4 Å². The number of fused-ring (bicyclic) bond motifs is 1. The van der Waals surface area contributed by atoms with Gasteiger partial charge in [0.2, 0.25) is 11.1 Å². The zero-order chi connectivity index (χ0) is 20.2. The lowest BCUT2D eigenvalue weighted by molar-refractivity contribution is -0.113. The Morgan fingerprint density at radius 2 is 1.79 bits per heavy atom. The van der Waals surface area contributed by atoms with Crippen molar-refractivity contribution in [3.63, 3.8) is 0 Å². The molecule has 6 nitrogen and oxygen atoms in total. The number of halogens is 1. The predicted octanol–water partition coefficient (Wildman–Crippen LogP) is 4.22. The zero-order valence-electron chi connectivity index (χ0n) is 15.7. The third kappa shape index (κ3) is 4.43. The van der Waals surface area contributed by atoms with E-state index < -0.39 is 0 Å². The van der Waals surface area contributed by atoms with Crippen LogP contribution in [0.25, 0.3) is 16.9 Å². The van der Waals surface area contributed by atoms with E-state index in [0.29, 0.717) is 16.5 Å². The molecule has 2 aromatic heterocycles. The Morgan fingerprint density at radius 3 is 2.52 bits per heavy atom. The normalized spacial score (nSPS) is 11.0. The lowest BCUT2D eigenvalue weighted by Crippen LogP contribution is -2.14. The summed E-state index contributed by atoms with van der Waals surface area (Å²) >= 11 is 1.24. The molecular weight excluding hydrogens is 389 g/mol. The van der Waals surface area contributed by atoms with Crippen molar-refractivity contribution >= 4 is 29.0 Å². The maximum Gasteiger partial charge on any atom is 0.234 e. The Kier molecular flexibility index (Phi) is 5.53. The van der Waals surface area contributed by atoms with Crippen LogP contribution in [0.4, 0.5) is 10.1 Å². The van der Waals surface area contributed by atoms with Crippen molar-refractivity contribution in [3.05, 3.63) is 72.0 Å². The number of hydrogen-bond acceptors (Lipinski definition) is 5. The monoisotopic (exact) mass is 407 g/mol. The highest BCUT2D eigenvalue weighted by Crippen LogP contribution is 2.21. The molecule has 29 heavy (non-hydrogen) atoms. The molecule has 1 N–H and O–H groups in total. The lowest BCUT2D eigenvalue weighted by Gasteiger charge is -2.05. The molecule has 0 aliphatic rings. The van der Waals surface area contributed by atoms with Crippen LogP contribution in [0.3, 0.4) is 0 Å². The molecule has 4 aromatic rings. The summed E-state index contributed by atoms with van der Waals surface area (Å²) in [6.07, 6.45) is 0.985. The van der Waals surface area contributed by atoms with Gasteiger partial charge in [-0.1, -0.05) is 43.0 Å². The summed E-state index contributed by atoms with van der Waals surface area (Å²) in [6, 6.07) is 17.6. The number of anilines is 1. The third-order valence-electron chi connectivity index (χ3n) is 4.35. The Hall–Kier alpha value is -3.26. The topological polar surface area (TPSA) is 72.2 Å². The van der Waals surface area contributed by atoms with E-state index in [-0.39, 0.29) is 17.5 Å². The molecule has 0 saturated heterocycles. The summed E-state index contributed by atoms with van der Waals surface area (Å²) in [5.74, 6) is -0.432. The van der Waals surface area contributed by atoms with Crippen molar-refractivity contribution in [2.24, 2.45) is 0 Å². The Bertz CT molecular complexity index is 1140. The third-order valence-corrected chi connectivity index (χ3v) is 5.27. The second-order valence-corrected chi connectivity index (χ2v) is 7.31. The molecule has 0 spiro atoms. The maximum atomic E-state index is 13.0. The lowest BCUT2D eigenvalue weighted by atomic mass is 10.1. The summed E-state index contributed by atoms with van der Waals surface area (Å²) in [5, 5.41) is 16.1. The molecule has 146 valence electrons. The summed E-state index contributed by atoms with van der Waals surface area (Å²) in [7, 11) is 0. The minimum absolute atomic E-state index is 0.134. The van der Waals surface area contributed by atoms with Crippen LogP contribution in [0.5, 0.6) is 0 Å². The fourth-order valence-electron chi connectivity index (χ4n) is 2.78. The number of aromatic nitrogens is 4. The first-order valence-electron chi connectivity index (χ1n) is 9.12. The van der Waals surface area contributed by atoms with Gasteiger partial charge in [-0.05, 0) is 48.4 Å². The van der Waals surface area contributed by atoms with Crippen molar-refractivity contribution in [2.45, 2.75) is 18.5 Å². The first-order valence-corrected chi connectivity index (χ1v) is 10.1. The van der Waals surface area contributed by atoms with Crippen molar-refractivity contribution < 1.29 is 9.18 Å². The predicted molar refractivity (Wildman–Crippen MR) is 111 cm³/mol. The summed E-state index contributed by atoms with van der Waals surface area (Å²) < 4.78 is 14.6. The quantitative estimate of drug-likeness (QED) is 0.485. The second kappa shape index (κ2) is 8.40. The first kappa shape index (κ1) is 19.1. The minimum Gasteiger partial charge on any atom is -0.325 e. The Labute approximate surface area is 171 Å². The van der Waals surface area contributed by atoms with Gasteiger partial charge in [-0.2, -0.15) is 9.61 Å². The van der Waals surface area contributed by atoms with E-state index in [0.717, 1.165) is 17.7 Å². The van der Waals surface area contributed by atoms with Gasteiger partial charge in [-0.3, -0.25) is 4.79 Å². The van der Waals surface area contributed by atoms with Crippen LogP contribution in [-0.2, 0) is 11.2 Å². The van der Waals surface area contributed by atoms with Crippen molar-refractivity contribution in [3.8, 4) is 11.3 Å². The summed E-state index contributed by atoms with van der Waals surface area (Å²) in [6.45, 7) is 2.12. The average Bonchev–Trinajstić information content (AvgIpc) is 3.16. The smallest absolute Gasteiger partial charge is 0.234 e. The minimum atomic E-state index is -0.349. The number of nitrogens with zero attached hydrogens (tertiary/aromatic N) is 4. The van der Waals surface area contributed by atoms with Crippen LogP contribution >= 0.6 is 11.8 Å². The largest absolute Gasteiger partial charge is 0.325 e. The molecule has 0 saturated carbocycles. The highest BCUT2D eigenvalue weighted by molar-refractivity contribution is 7.99. The molecule has 0 atom stereocenters. The van der Waals surface area contributed by atoms with Gasteiger partial charge in [-0.25, -0.2) is 4.39 Å². The molecular formula is C21H18FN5OS. The Balaban J connectivity index is 1.48. The van der Waals surface area contributed by atoms with Gasteiger partial charge < -0.3 is 5.32 Å². The van der Waals surface area contributed by atoms with E-state index in [9.17, 15) is 9.18 Å². The van der Waals surface area contributed by atoms with Crippen molar-refractivity contribution in [1.82, 2.24) is 19.8 Å². The number of carbonyl (C=O) groups excluding carboxylic acids is 1. The molecule has 8 heteroatoms. The number of amides is 1. The van der Waals surface area contributed by atoms with Crippen LogP contribution in [0.1, 0.15) is 12.5 Å². The van der Waals surface area contributed by atoms with E-state index in [4.69, 9.17) is 0 Å². The number of rotatable bonds is 6. The summed E-state index contributed by atoms with van der Waals surface area (Å²) in [4.78, 5) is 12.2. The molecule has 0 radical (unpaired) electrons.